The maximum atomic E-state index is 4.39. The lowest BCUT2D eigenvalue weighted by Gasteiger charge is -2.41. The zero-order chi connectivity index (χ0) is 18.4. The van der Waals surface area contributed by atoms with Gasteiger partial charge in [0.1, 0.15) is 5.82 Å². The molecule has 146 valence electrons. The molecular formula is C19H35N7. The first kappa shape index (κ1) is 19.1. The van der Waals surface area contributed by atoms with Crippen LogP contribution in [0.25, 0.3) is 0 Å². The van der Waals surface area contributed by atoms with Gasteiger partial charge in [0.2, 0.25) is 0 Å². The molecular weight excluding hydrogens is 326 g/mol. The molecule has 3 heterocycles. The molecule has 0 saturated carbocycles. The molecule has 0 atom stereocenters. The molecule has 7 heteroatoms. The van der Waals surface area contributed by atoms with E-state index in [2.05, 4.69) is 49.1 Å². The van der Waals surface area contributed by atoms with E-state index in [0.29, 0.717) is 6.54 Å². The number of aromatic nitrogens is 3. The lowest BCUT2D eigenvalue weighted by Crippen LogP contribution is -2.54. The maximum Gasteiger partial charge on any atom is 0.191 e. The van der Waals surface area contributed by atoms with Crippen molar-refractivity contribution in [1.29, 1.82) is 0 Å². The molecule has 2 aliphatic rings. The molecule has 2 aliphatic heterocycles. The first-order chi connectivity index (χ1) is 12.6. The Labute approximate surface area is 157 Å². The summed E-state index contributed by atoms with van der Waals surface area (Å²) in [5.74, 6) is 2.98. The molecule has 0 amide bonds. The van der Waals surface area contributed by atoms with E-state index < -0.39 is 0 Å². The first-order valence-electron chi connectivity index (χ1n) is 10.2. The van der Waals surface area contributed by atoms with Gasteiger partial charge in [-0.25, -0.2) is 0 Å². The highest BCUT2D eigenvalue weighted by atomic mass is 15.3. The number of nitrogens with zero attached hydrogens (tertiary/aromatic N) is 5. The van der Waals surface area contributed by atoms with E-state index in [0.717, 1.165) is 37.1 Å². The van der Waals surface area contributed by atoms with Gasteiger partial charge >= 0.3 is 0 Å². The van der Waals surface area contributed by atoms with Gasteiger partial charge in [-0.05, 0) is 52.6 Å². The minimum Gasteiger partial charge on any atom is -0.355 e. The topological polar surface area (TPSA) is 70.4 Å². The van der Waals surface area contributed by atoms with Gasteiger partial charge in [-0.3, -0.25) is 9.89 Å². The molecule has 0 unspecified atom stereocenters. The van der Waals surface area contributed by atoms with Crippen molar-refractivity contribution in [3.05, 3.63) is 11.6 Å². The number of likely N-dealkylation sites (tertiary alicyclic amines) is 1. The number of hydrogen-bond donors (Lipinski definition) is 2. The second kappa shape index (κ2) is 8.84. The van der Waals surface area contributed by atoms with Crippen LogP contribution in [0.5, 0.6) is 0 Å². The van der Waals surface area contributed by atoms with Gasteiger partial charge in [-0.1, -0.05) is 12.8 Å². The van der Waals surface area contributed by atoms with Gasteiger partial charge in [0.15, 0.2) is 11.8 Å². The van der Waals surface area contributed by atoms with Gasteiger partial charge in [-0.2, -0.15) is 0 Å². The van der Waals surface area contributed by atoms with Gasteiger partial charge < -0.3 is 15.2 Å². The number of rotatable bonds is 5. The van der Waals surface area contributed by atoms with Crippen LogP contribution in [0.4, 0.5) is 0 Å². The summed E-state index contributed by atoms with van der Waals surface area (Å²) in [7, 11) is 1.83. The number of aliphatic imine (C=N–C) groups is 1. The van der Waals surface area contributed by atoms with Crippen molar-refractivity contribution in [3.63, 3.8) is 0 Å². The highest BCUT2D eigenvalue weighted by Crippen LogP contribution is 2.19. The molecule has 1 saturated heterocycles. The van der Waals surface area contributed by atoms with Crippen molar-refractivity contribution < 1.29 is 0 Å². The van der Waals surface area contributed by atoms with Crippen molar-refractivity contribution in [1.82, 2.24) is 30.3 Å². The summed E-state index contributed by atoms with van der Waals surface area (Å²) in [6, 6.07) is 0. The summed E-state index contributed by atoms with van der Waals surface area (Å²) < 4.78 is 2.28. The monoisotopic (exact) mass is 361 g/mol. The standard InChI is InChI=1S/C19H35N7/c1-19(2,25-11-7-5-8-12-25)15-22-18(20-3)21-14-17-24-23-16-10-6-4-9-13-26(16)17/h4-15H2,1-3H3,(H2,20,21,22). The average Bonchev–Trinajstić information content (AvgIpc) is 2.89. The second-order valence-electron chi connectivity index (χ2n) is 8.13. The Morgan fingerprint density at radius 3 is 2.50 bits per heavy atom. The molecule has 3 rings (SSSR count). The Morgan fingerprint density at radius 1 is 1.00 bits per heavy atom. The Morgan fingerprint density at radius 2 is 1.73 bits per heavy atom. The van der Waals surface area contributed by atoms with Crippen LogP contribution in [0.1, 0.15) is 64.0 Å². The van der Waals surface area contributed by atoms with E-state index in [4.69, 9.17) is 0 Å². The normalized spacial score (nSPS) is 19.7. The van der Waals surface area contributed by atoms with Crippen LogP contribution in [-0.4, -0.2) is 57.8 Å². The number of hydrogen-bond acceptors (Lipinski definition) is 4. The largest absolute Gasteiger partial charge is 0.355 e. The zero-order valence-electron chi connectivity index (χ0n) is 16.7. The summed E-state index contributed by atoms with van der Waals surface area (Å²) in [5, 5.41) is 15.7. The van der Waals surface area contributed by atoms with Crippen LogP contribution in [0.15, 0.2) is 4.99 Å². The van der Waals surface area contributed by atoms with E-state index >= 15 is 0 Å². The van der Waals surface area contributed by atoms with Crippen molar-refractivity contribution in [2.75, 3.05) is 26.7 Å². The number of aryl methyl sites for hydroxylation is 1. The fourth-order valence-electron chi connectivity index (χ4n) is 3.97. The molecule has 0 aromatic carbocycles. The number of piperidine rings is 1. The molecule has 7 nitrogen and oxygen atoms in total. The summed E-state index contributed by atoms with van der Waals surface area (Å²) >= 11 is 0. The second-order valence-corrected chi connectivity index (χ2v) is 8.13. The third-order valence-electron chi connectivity index (χ3n) is 5.72. The molecule has 0 bridgehead atoms. The molecule has 1 aromatic heterocycles. The minimum atomic E-state index is 0.129. The van der Waals surface area contributed by atoms with E-state index in [1.807, 2.05) is 7.05 Å². The van der Waals surface area contributed by atoms with Gasteiger partial charge in [-0.15, -0.1) is 10.2 Å². The Kier molecular flexibility index (Phi) is 6.51. The van der Waals surface area contributed by atoms with Crippen LogP contribution >= 0.6 is 0 Å². The number of nitrogens with one attached hydrogen (secondary N) is 2. The van der Waals surface area contributed by atoms with E-state index in [-0.39, 0.29) is 5.54 Å². The predicted octanol–water partition coefficient (Wildman–Crippen LogP) is 1.93. The highest BCUT2D eigenvalue weighted by molar-refractivity contribution is 5.79. The van der Waals surface area contributed by atoms with Crippen molar-refractivity contribution in [2.45, 2.75) is 77.4 Å². The summed E-state index contributed by atoms with van der Waals surface area (Å²) in [5.41, 5.74) is 0.129. The Balaban J connectivity index is 1.51. The fraction of sp³-hybridized carbons (Fsp3) is 0.842. The van der Waals surface area contributed by atoms with Crippen LogP contribution in [0.3, 0.4) is 0 Å². The molecule has 0 aliphatic carbocycles. The summed E-state index contributed by atoms with van der Waals surface area (Å²) in [4.78, 5) is 6.98. The minimum absolute atomic E-state index is 0.129. The predicted molar refractivity (Wildman–Crippen MR) is 105 cm³/mol. The molecule has 26 heavy (non-hydrogen) atoms. The fourth-order valence-corrected chi connectivity index (χ4v) is 3.97. The van der Waals surface area contributed by atoms with Gasteiger partial charge in [0, 0.05) is 32.1 Å². The van der Waals surface area contributed by atoms with Crippen LogP contribution in [0, 0.1) is 0 Å². The molecule has 0 radical (unpaired) electrons. The Hall–Kier alpha value is -1.63. The lowest BCUT2D eigenvalue weighted by molar-refractivity contribution is 0.0982. The smallest absolute Gasteiger partial charge is 0.191 e. The maximum absolute atomic E-state index is 4.39. The SMILES string of the molecule is CN=C(NCc1nnc2n1CCCCC2)NCC(C)(C)N1CCCCC1. The van der Waals surface area contributed by atoms with Crippen LogP contribution in [0.2, 0.25) is 0 Å². The molecule has 1 aromatic rings. The van der Waals surface area contributed by atoms with E-state index in [9.17, 15) is 0 Å². The van der Waals surface area contributed by atoms with E-state index in [1.54, 1.807) is 0 Å². The average molecular weight is 362 g/mol. The van der Waals surface area contributed by atoms with E-state index in [1.165, 1.54) is 51.6 Å². The van der Waals surface area contributed by atoms with Gasteiger partial charge in [0.25, 0.3) is 0 Å². The molecule has 1 fully saturated rings. The summed E-state index contributed by atoms with van der Waals surface area (Å²) in [6.45, 7) is 9.61. The van der Waals surface area contributed by atoms with Crippen molar-refractivity contribution in [2.24, 2.45) is 4.99 Å². The Bertz CT molecular complexity index is 599. The van der Waals surface area contributed by atoms with Crippen molar-refractivity contribution in [3.8, 4) is 0 Å². The van der Waals surface area contributed by atoms with Crippen LogP contribution in [-0.2, 0) is 19.5 Å². The lowest BCUT2D eigenvalue weighted by atomic mass is 9.98. The first-order valence-corrected chi connectivity index (χ1v) is 10.2. The zero-order valence-corrected chi connectivity index (χ0v) is 16.7. The number of fused-ring (bicyclic) bond motifs is 1. The van der Waals surface area contributed by atoms with Crippen LogP contribution < -0.4 is 10.6 Å². The van der Waals surface area contributed by atoms with Gasteiger partial charge in [0.05, 0.1) is 6.54 Å². The summed E-state index contributed by atoms with van der Waals surface area (Å²) in [6.07, 6.45) is 8.76. The third-order valence-corrected chi connectivity index (χ3v) is 5.72. The quantitative estimate of drug-likeness (QED) is 0.619. The third kappa shape index (κ3) is 4.75. The molecule has 2 N–H and O–H groups in total. The van der Waals surface area contributed by atoms with Crippen molar-refractivity contribution >= 4 is 5.96 Å². The molecule has 0 spiro atoms. The number of guanidine groups is 1. The highest BCUT2D eigenvalue weighted by Gasteiger charge is 2.28.